The van der Waals surface area contributed by atoms with Crippen LogP contribution in [0.2, 0.25) is 0 Å². The van der Waals surface area contributed by atoms with E-state index < -0.39 is 0 Å². The van der Waals surface area contributed by atoms with Crippen molar-refractivity contribution in [3.05, 3.63) is 22.6 Å². The molecule has 2 rings (SSSR count). The predicted octanol–water partition coefficient (Wildman–Crippen LogP) is 3.51. The Morgan fingerprint density at radius 3 is 2.93 bits per heavy atom. The van der Waals surface area contributed by atoms with E-state index >= 15 is 0 Å². The molecule has 4 heteroatoms. The van der Waals surface area contributed by atoms with Crippen molar-refractivity contribution in [2.45, 2.75) is 24.5 Å². The molecule has 0 saturated carbocycles. The van der Waals surface area contributed by atoms with Crippen molar-refractivity contribution in [2.75, 3.05) is 5.75 Å². The smallest absolute Gasteiger partial charge is 0.210 e. The molecule has 0 spiro atoms. The van der Waals surface area contributed by atoms with Gasteiger partial charge in [0.2, 0.25) is 5.78 Å². The van der Waals surface area contributed by atoms with Crippen molar-refractivity contribution in [1.29, 1.82) is 0 Å². The molecule has 0 bridgehead atoms. The summed E-state index contributed by atoms with van der Waals surface area (Å²) in [6.07, 6.45) is 3.38. The Balaban J connectivity index is 2.07. The van der Waals surface area contributed by atoms with Crippen LogP contribution in [0.4, 0.5) is 0 Å². The zero-order valence-electron chi connectivity index (χ0n) is 7.66. The Hall–Kier alpha value is -0.220. The van der Waals surface area contributed by atoms with E-state index in [9.17, 15) is 4.79 Å². The number of hydrogen-bond donors (Lipinski definition) is 0. The molecule has 1 aromatic rings. The number of carbonyl (C=O) groups excluding carboxylic acids is 1. The van der Waals surface area contributed by atoms with Crippen LogP contribution in [0.5, 0.6) is 0 Å². The third kappa shape index (κ3) is 2.23. The fourth-order valence-electron chi connectivity index (χ4n) is 1.55. The maximum atomic E-state index is 11.9. The largest absolute Gasteiger partial charge is 0.446 e. The van der Waals surface area contributed by atoms with Gasteiger partial charge in [-0.1, -0.05) is 6.42 Å². The standard InChI is InChI=1S/C10H11BrO2S/c11-9-5-4-7(13-9)10(12)8-3-1-2-6-14-8/h4-5,8H,1-3,6H2. The summed E-state index contributed by atoms with van der Waals surface area (Å²) in [7, 11) is 0. The van der Waals surface area contributed by atoms with Crippen molar-refractivity contribution >= 4 is 33.5 Å². The molecule has 1 aliphatic heterocycles. The number of hydrogen-bond acceptors (Lipinski definition) is 3. The van der Waals surface area contributed by atoms with Crippen LogP contribution in [0, 0.1) is 0 Å². The zero-order chi connectivity index (χ0) is 9.97. The van der Waals surface area contributed by atoms with E-state index in [4.69, 9.17) is 4.42 Å². The molecule has 76 valence electrons. The predicted molar refractivity (Wildman–Crippen MR) is 60.8 cm³/mol. The highest BCUT2D eigenvalue weighted by Crippen LogP contribution is 2.28. The molecule has 0 amide bonds. The average Bonchev–Trinajstić information content (AvgIpc) is 2.65. The van der Waals surface area contributed by atoms with E-state index in [2.05, 4.69) is 15.9 Å². The molecule has 1 fully saturated rings. The number of ketones is 1. The molecule has 1 saturated heterocycles. The number of Topliss-reactive ketones (excluding diaryl/α,β-unsaturated/α-hetero) is 1. The SMILES string of the molecule is O=C(c1ccc(Br)o1)C1CCCCS1. The maximum Gasteiger partial charge on any atom is 0.210 e. The monoisotopic (exact) mass is 274 g/mol. The van der Waals surface area contributed by atoms with E-state index in [1.165, 1.54) is 6.42 Å². The van der Waals surface area contributed by atoms with Gasteiger partial charge in [0.25, 0.3) is 0 Å². The van der Waals surface area contributed by atoms with Crippen LogP contribution in [-0.4, -0.2) is 16.8 Å². The second-order valence-electron chi connectivity index (χ2n) is 3.32. The lowest BCUT2D eigenvalue weighted by molar-refractivity contribution is 0.0957. The highest BCUT2D eigenvalue weighted by molar-refractivity contribution is 9.10. The van der Waals surface area contributed by atoms with Gasteiger partial charge in [-0.25, -0.2) is 0 Å². The molecule has 14 heavy (non-hydrogen) atoms. The van der Waals surface area contributed by atoms with E-state index in [-0.39, 0.29) is 11.0 Å². The Bertz CT molecular complexity index is 329. The zero-order valence-corrected chi connectivity index (χ0v) is 10.1. The molecule has 0 radical (unpaired) electrons. The van der Waals surface area contributed by atoms with E-state index in [1.54, 1.807) is 23.9 Å². The molecule has 2 heterocycles. The summed E-state index contributed by atoms with van der Waals surface area (Å²) in [5, 5.41) is 0.113. The number of halogens is 1. The topological polar surface area (TPSA) is 30.2 Å². The minimum atomic E-state index is 0.113. The molecule has 0 N–H and O–H groups in total. The Labute approximate surface area is 95.6 Å². The fourth-order valence-corrected chi connectivity index (χ4v) is 3.12. The molecule has 1 atom stereocenters. The molecule has 0 aliphatic carbocycles. The van der Waals surface area contributed by atoms with Crippen molar-refractivity contribution in [3.8, 4) is 0 Å². The van der Waals surface area contributed by atoms with Gasteiger partial charge in [0.1, 0.15) is 0 Å². The van der Waals surface area contributed by atoms with Crippen molar-refractivity contribution in [3.63, 3.8) is 0 Å². The Morgan fingerprint density at radius 1 is 1.50 bits per heavy atom. The lowest BCUT2D eigenvalue weighted by Gasteiger charge is -2.18. The normalized spacial score (nSPS) is 22.2. The van der Waals surface area contributed by atoms with E-state index in [0.29, 0.717) is 10.4 Å². The summed E-state index contributed by atoms with van der Waals surface area (Å²) in [6.45, 7) is 0. The highest BCUT2D eigenvalue weighted by atomic mass is 79.9. The number of rotatable bonds is 2. The molecule has 1 aliphatic rings. The Morgan fingerprint density at radius 2 is 2.36 bits per heavy atom. The summed E-state index contributed by atoms with van der Waals surface area (Å²) < 4.78 is 5.88. The first-order valence-electron chi connectivity index (χ1n) is 4.68. The van der Waals surface area contributed by atoms with Gasteiger partial charge in [-0.05, 0) is 46.7 Å². The van der Waals surface area contributed by atoms with Crippen LogP contribution in [0.25, 0.3) is 0 Å². The van der Waals surface area contributed by atoms with E-state index in [1.807, 2.05) is 0 Å². The van der Waals surface area contributed by atoms with Crippen LogP contribution in [-0.2, 0) is 0 Å². The summed E-state index contributed by atoms with van der Waals surface area (Å²) in [5.74, 6) is 1.72. The van der Waals surface area contributed by atoms with Gasteiger partial charge in [-0.3, -0.25) is 4.79 Å². The highest BCUT2D eigenvalue weighted by Gasteiger charge is 2.25. The van der Waals surface area contributed by atoms with Gasteiger partial charge in [0, 0.05) is 0 Å². The van der Waals surface area contributed by atoms with Gasteiger partial charge in [-0.15, -0.1) is 0 Å². The minimum absolute atomic E-state index is 0.113. The second kappa shape index (κ2) is 4.53. The van der Waals surface area contributed by atoms with Crippen LogP contribution < -0.4 is 0 Å². The number of furan rings is 1. The molecular formula is C10H11BrO2S. The maximum absolute atomic E-state index is 11.9. The summed E-state index contributed by atoms with van der Waals surface area (Å²) in [5.41, 5.74) is 0. The first-order valence-corrected chi connectivity index (χ1v) is 6.53. The van der Waals surface area contributed by atoms with Crippen molar-refractivity contribution in [1.82, 2.24) is 0 Å². The number of carbonyl (C=O) groups is 1. The summed E-state index contributed by atoms with van der Waals surface area (Å²) >= 11 is 4.95. The van der Waals surface area contributed by atoms with E-state index in [0.717, 1.165) is 18.6 Å². The van der Waals surface area contributed by atoms with Gasteiger partial charge in [0.15, 0.2) is 10.4 Å². The first-order chi connectivity index (χ1) is 6.77. The molecule has 1 aromatic heterocycles. The summed E-state index contributed by atoms with van der Waals surface area (Å²) in [4.78, 5) is 11.9. The fraction of sp³-hybridized carbons (Fsp3) is 0.500. The quantitative estimate of drug-likeness (QED) is 0.774. The van der Waals surface area contributed by atoms with Gasteiger partial charge >= 0.3 is 0 Å². The van der Waals surface area contributed by atoms with Crippen LogP contribution in [0.3, 0.4) is 0 Å². The average molecular weight is 275 g/mol. The molecule has 1 unspecified atom stereocenters. The van der Waals surface area contributed by atoms with Gasteiger partial charge < -0.3 is 4.42 Å². The van der Waals surface area contributed by atoms with Gasteiger partial charge in [0.05, 0.1) is 5.25 Å². The Kier molecular flexibility index (Phi) is 3.34. The van der Waals surface area contributed by atoms with Crippen molar-refractivity contribution < 1.29 is 9.21 Å². The third-order valence-electron chi connectivity index (χ3n) is 2.29. The van der Waals surface area contributed by atoms with Crippen LogP contribution in [0.1, 0.15) is 29.8 Å². The molecular weight excluding hydrogens is 264 g/mol. The minimum Gasteiger partial charge on any atom is -0.446 e. The third-order valence-corrected chi connectivity index (χ3v) is 4.09. The van der Waals surface area contributed by atoms with Crippen LogP contribution >= 0.6 is 27.7 Å². The lowest BCUT2D eigenvalue weighted by atomic mass is 10.1. The lowest BCUT2D eigenvalue weighted by Crippen LogP contribution is -2.20. The van der Waals surface area contributed by atoms with Crippen molar-refractivity contribution in [2.24, 2.45) is 0 Å². The summed E-state index contributed by atoms with van der Waals surface area (Å²) in [6, 6.07) is 3.50. The van der Waals surface area contributed by atoms with Crippen LogP contribution in [0.15, 0.2) is 21.2 Å². The molecule has 0 aromatic carbocycles. The number of thioether (sulfide) groups is 1. The first kappa shape index (κ1) is 10.3. The second-order valence-corrected chi connectivity index (χ2v) is 5.42. The van der Waals surface area contributed by atoms with Gasteiger partial charge in [-0.2, -0.15) is 11.8 Å². The molecule has 2 nitrogen and oxygen atoms in total.